The van der Waals surface area contributed by atoms with Crippen LogP contribution in [-0.2, 0) is 33.2 Å². The lowest BCUT2D eigenvalue weighted by atomic mass is 10.1. The SMILES string of the molecule is CCOC(CCCCCCC(OC)OC(CCCCCCC(OCC)OCC)OC)OCC. The fourth-order valence-corrected chi connectivity index (χ4v) is 3.78. The standard InChI is InChI=1S/C26H54O7/c1-7-29-25(30-8-2)21-17-13-11-15-19-23(27-5)33-24(28-6)20-16-12-14-18-22-26(31-9-3)32-10-4/h23-26H,7-22H2,1-6H3. The van der Waals surface area contributed by atoms with Crippen LogP contribution in [0, 0.1) is 0 Å². The molecule has 0 aliphatic rings. The summed E-state index contributed by atoms with van der Waals surface area (Å²) >= 11 is 0. The van der Waals surface area contributed by atoms with Crippen LogP contribution in [0.1, 0.15) is 105 Å². The van der Waals surface area contributed by atoms with Gasteiger partial charge in [-0.05, 0) is 79.1 Å². The molecule has 0 aromatic rings. The Bertz CT molecular complexity index is 338. The largest absolute Gasteiger partial charge is 0.356 e. The number of methoxy groups -OCH3 is 2. The molecule has 0 aliphatic carbocycles. The summed E-state index contributed by atoms with van der Waals surface area (Å²) in [6.45, 7) is 10.8. The third-order valence-electron chi connectivity index (χ3n) is 5.50. The Morgan fingerprint density at radius 2 is 0.667 bits per heavy atom. The normalized spacial score (nSPS) is 13.8. The number of unbranched alkanes of at least 4 members (excludes halogenated alkanes) is 6. The summed E-state index contributed by atoms with van der Waals surface area (Å²) in [5, 5.41) is 0. The van der Waals surface area contributed by atoms with E-state index in [0.29, 0.717) is 26.4 Å². The highest BCUT2D eigenvalue weighted by Crippen LogP contribution is 2.17. The van der Waals surface area contributed by atoms with Crippen LogP contribution in [0.25, 0.3) is 0 Å². The molecule has 0 amide bonds. The van der Waals surface area contributed by atoms with Crippen molar-refractivity contribution in [3.63, 3.8) is 0 Å². The van der Waals surface area contributed by atoms with Gasteiger partial charge in [0.05, 0.1) is 0 Å². The van der Waals surface area contributed by atoms with Crippen molar-refractivity contribution in [3.8, 4) is 0 Å². The maximum absolute atomic E-state index is 6.04. The van der Waals surface area contributed by atoms with E-state index < -0.39 is 0 Å². The van der Waals surface area contributed by atoms with Crippen LogP contribution < -0.4 is 0 Å². The summed E-state index contributed by atoms with van der Waals surface area (Å²) in [6.07, 6.45) is 12.1. The van der Waals surface area contributed by atoms with Crippen molar-refractivity contribution in [1.82, 2.24) is 0 Å². The third kappa shape index (κ3) is 19.7. The molecule has 7 heteroatoms. The summed E-state index contributed by atoms with van der Waals surface area (Å²) in [4.78, 5) is 0. The van der Waals surface area contributed by atoms with Gasteiger partial charge in [-0.15, -0.1) is 0 Å². The molecule has 33 heavy (non-hydrogen) atoms. The lowest BCUT2D eigenvalue weighted by molar-refractivity contribution is -0.233. The second-order valence-electron chi connectivity index (χ2n) is 8.13. The van der Waals surface area contributed by atoms with E-state index in [4.69, 9.17) is 33.2 Å². The average Bonchev–Trinajstić information content (AvgIpc) is 2.81. The number of rotatable bonds is 26. The van der Waals surface area contributed by atoms with Crippen molar-refractivity contribution in [2.24, 2.45) is 0 Å². The van der Waals surface area contributed by atoms with Gasteiger partial charge in [0.15, 0.2) is 25.2 Å². The molecule has 0 heterocycles. The molecule has 0 rings (SSSR count). The minimum absolute atomic E-state index is 0.0618. The first-order chi connectivity index (χ1) is 16.1. The van der Waals surface area contributed by atoms with Crippen molar-refractivity contribution < 1.29 is 33.2 Å². The van der Waals surface area contributed by atoms with Crippen LogP contribution in [0.5, 0.6) is 0 Å². The summed E-state index contributed by atoms with van der Waals surface area (Å²) in [5.41, 5.74) is 0. The summed E-state index contributed by atoms with van der Waals surface area (Å²) in [7, 11) is 3.42. The van der Waals surface area contributed by atoms with Crippen LogP contribution in [0.4, 0.5) is 0 Å². The topological polar surface area (TPSA) is 64.6 Å². The Kier molecular flexibility index (Phi) is 24.6. The maximum Gasteiger partial charge on any atom is 0.160 e. The first-order valence-corrected chi connectivity index (χ1v) is 13.3. The fourth-order valence-electron chi connectivity index (χ4n) is 3.78. The molecule has 0 N–H and O–H groups in total. The molecule has 0 fully saturated rings. The summed E-state index contributed by atoms with van der Waals surface area (Å²) in [5.74, 6) is 0. The number of ether oxygens (including phenoxy) is 7. The van der Waals surface area contributed by atoms with Crippen LogP contribution in [-0.4, -0.2) is 65.8 Å². The summed E-state index contributed by atoms with van der Waals surface area (Å²) in [6, 6.07) is 0. The highest BCUT2D eigenvalue weighted by atomic mass is 16.8. The van der Waals surface area contributed by atoms with Gasteiger partial charge in [-0.3, -0.25) is 0 Å². The lowest BCUT2D eigenvalue weighted by Gasteiger charge is -2.23. The number of hydrogen-bond acceptors (Lipinski definition) is 7. The van der Waals surface area contributed by atoms with E-state index in [2.05, 4.69) is 0 Å². The molecule has 2 atom stereocenters. The molecule has 0 saturated heterocycles. The highest BCUT2D eigenvalue weighted by Gasteiger charge is 2.16. The zero-order valence-corrected chi connectivity index (χ0v) is 22.5. The van der Waals surface area contributed by atoms with Crippen LogP contribution in [0.15, 0.2) is 0 Å². The predicted octanol–water partition coefficient (Wildman–Crippen LogP) is 6.43. The Labute approximate surface area is 204 Å². The van der Waals surface area contributed by atoms with E-state index in [1.807, 2.05) is 27.7 Å². The molecular weight excluding hydrogens is 424 g/mol. The van der Waals surface area contributed by atoms with E-state index >= 15 is 0 Å². The van der Waals surface area contributed by atoms with E-state index in [9.17, 15) is 0 Å². The Hall–Kier alpha value is -0.280. The van der Waals surface area contributed by atoms with E-state index in [1.54, 1.807) is 14.2 Å². The minimum atomic E-state index is -0.215. The Morgan fingerprint density at radius 3 is 0.909 bits per heavy atom. The van der Waals surface area contributed by atoms with Gasteiger partial charge in [-0.25, -0.2) is 0 Å². The fraction of sp³-hybridized carbons (Fsp3) is 1.00. The molecular formula is C26H54O7. The molecule has 0 spiro atoms. The monoisotopic (exact) mass is 478 g/mol. The maximum atomic E-state index is 6.04. The molecule has 0 aromatic heterocycles. The zero-order valence-electron chi connectivity index (χ0n) is 22.5. The molecule has 0 saturated carbocycles. The highest BCUT2D eigenvalue weighted by molar-refractivity contribution is 4.55. The van der Waals surface area contributed by atoms with Crippen molar-refractivity contribution in [2.45, 2.75) is 130 Å². The molecule has 0 aromatic carbocycles. The van der Waals surface area contributed by atoms with Crippen LogP contribution >= 0.6 is 0 Å². The molecule has 2 unspecified atom stereocenters. The van der Waals surface area contributed by atoms with E-state index in [-0.39, 0.29) is 25.2 Å². The van der Waals surface area contributed by atoms with Gasteiger partial charge in [0.25, 0.3) is 0 Å². The minimum Gasteiger partial charge on any atom is -0.356 e. The van der Waals surface area contributed by atoms with Crippen molar-refractivity contribution >= 4 is 0 Å². The summed E-state index contributed by atoms with van der Waals surface area (Å²) < 4.78 is 39.5. The molecule has 7 nitrogen and oxygen atoms in total. The second-order valence-corrected chi connectivity index (χ2v) is 8.13. The van der Waals surface area contributed by atoms with Gasteiger partial charge >= 0.3 is 0 Å². The van der Waals surface area contributed by atoms with Gasteiger partial charge in [0.2, 0.25) is 0 Å². The van der Waals surface area contributed by atoms with E-state index in [1.165, 1.54) is 0 Å². The lowest BCUT2D eigenvalue weighted by Crippen LogP contribution is -2.25. The van der Waals surface area contributed by atoms with Gasteiger partial charge in [0.1, 0.15) is 0 Å². The Morgan fingerprint density at radius 1 is 0.394 bits per heavy atom. The third-order valence-corrected chi connectivity index (χ3v) is 5.50. The van der Waals surface area contributed by atoms with Crippen molar-refractivity contribution in [2.75, 3.05) is 40.6 Å². The molecule has 0 bridgehead atoms. The van der Waals surface area contributed by atoms with Gasteiger partial charge in [-0.1, -0.05) is 25.7 Å². The molecule has 0 radical (unpaired) electrons. The smallest absolute Gasteiger partial charge is 0.160 e. The zero-order chi connectivity index (χ0) is 24.6. The molecule has 200 valence electrons. The van der Waals surface area contributed by atoms with Crippen LogP contribution in [0.2, 0.25) is 0 Å². The van der Waals surface area contributed by atoms with Crippen molar-refractivity contribution in [1.29, 1.82) is 0 Å². The van der Waals surface area contributed by atoms with Gasteiger partial charge < -0.3 is 33.2 Å². The van der Waals surface area contributed by atoms with Gasteiger partial charge in [0, 0.05) is 40.6 Å². The first-order valence-electron chi connectivity index (χ1n) is 13.3. The quantitative estimate of drug-likeness (QED) is 0.105. The Balaban J connectivity index is 3.90. The van der Waals surface area contributed by atoms with Crippen molar-refractivity contribution in [3.05, 3.63) is 0 Å². The first kappa shape index (κ1) is 32.7. The molecule has 0 aliphatic heterocycles. The second kappa shape index (κ2) is 24.8. The predicted molar refractivity (Wildman–Crippen MR) is 132 cm³/mol. The van der Waals surface area contributed by atoms with E-state index in [0.717, 1.165) is 77.0 Å². The average molecular weight is 479 g/mol. The van der Waals surface area contributed by atoms with Crippen LogP contribution in [0.3, 0.4) is 0 Å². The number of hydrogen-bond donors (Lipinski definition) is 0. The van der Waals surface area contributed by atoms with Gasteiger partial charge in [-0.2, -0.15) is 0 Å².